The lowest BCUT2D eigenvalue weighted by molar-refractivity contribution is -0.136. The van der Waals surface area contributed by atoms with E-state index < -0.39 is 17.6 Å². The monoisotopic (exact) mass is 455 g/mol. The smallest absolute Gasteiger partial charge is 0.378 e. The first-order chi connectivity index (χ1) is 15.8. The number of fused-ring (bicyclic) bond motifs is 2. The number of primary amides is 1. The molecule has 1 aliphatic heterocycles. The second-order valence-corrected chi connectivity index (χ2v) is 7.85. The Balaban J connectivity index is 1.80. The van der Waals surface area contributed by atoms with E-state index in [1.165, 1.54) is 12.3 Å². The Morgan fingerprint density at radius 3 is 2.58 bits per heavy atom. The largest absolute Gasteiger partial charge is 0.418 e. The molecule has 2 N–H and O–H groups in total. The van der Waals surface area contributed by atoms with Crippen molar-refractivity contribution in [2.24, 2.45) is 5.73 Å². The predicted octanol–water partition coefficient (Wildman–Crippen LogP) is 3.84. The molecular formula is C23H20F3N5O2. The van der Waals surface area contributed by atoms with Crippen molar-refractivity contribution < 1.29 is 22.7 Å². The Bertz CT molecular complexity index is 1390. The van der Waals surface area contributed by atoms with Crippen LogP contribution in [0.2, 0.25) is 0 Å². The molecule has 170 valence electrons. The highest BCUT2D eigenvalue weighted by Crippen LogP contribution is 2.37. The summed E-state index contributed by atoms with van der Waals surface area (Å²) in [5.74, 6) is -0.116. The number of para-hydroxylation sites is 1. The number of aryl methyl sites for hydroxylation is 1. The average Bonchev–Trinajstić information content (AvgIpc) is 3.12. The molecule has 2 aromatic carbocycles. The number of nitrogens with zero attached hydrogens (tertiary/aromatic N) is 4. The number of carbonyl (C=O) groups excluding carboxylic acids is 1. The van der Waals surface area contributed by atoms with Crippen molar-refractivity contribution in [1.82, 2.24) is 14.5 Å². The van der Waals surface area contributed by atoms with Gasteiger partial charge in [0, 0.05) is 30.4 Å². The first kappa shape index (κ1) is 21.2. The maximum atomic E-state index is 13.6. The van der Waals surface area contributed by atoms with E-state index in [1.807, 2.05) is 6.07 Å². The molecule has 3 heterocycles. The van der Waals surface area contributed by atoms with Crippen LogP contribution in [-0.2, 0) is 10.9 Å². The van der Waals surface area contributed by atoms with E-state index >= 15 is 0 Å². The second kappa shape index (κ2) is 7.73. The highest BCUT2D eigenvalue weighted by molar-refractivity contribution is 6.06. The van der Waals surface area contributed by atoms with E-state index in [-0.39, 0.29) is 11.1 Å². The van der Waals surface area contributed by atoms with Gasteiger partial charge in [-0.2, -0.15) is 13.2 Å². The Hall–Kier alpha value is -3.66. The summed E-state index contributed by atoms with van der Waals surface area (Å²) in [7, 11) is 0. The number of anilines is 1. The molecule has 1 amide bonds. The second-order valence-electron chi connectivity index (χ2n) is 7.85. The molecule has 4 aromatic rings. The fourth-order valence-electron chi connectivity index (χ4n) is 4.36. The van der Waals surface area contributed by atoms with Gasteiger partial charge >= 0.3 is 6.18 Å². The molecule has 0 saturated carbocycles. The first-order valence-electron chi connectivity index (χ1n) is 10.4. The predicted molar refractivity (Wildman–Crippen MR) is 118 cm³/mol. The van der Waals surface area contributed by atoms with Gasteiger partial charge in [-0.25, -0.2) is 4.98 Å². The summed E-state index contributed by atoms with van der Waals surface area (Å²) < 4.78 is 48.0. The number of alkyl halides is 3. The Morgan fingerprint density at radius 1 is 1.12 bits per heavy atom. The molecule has 0 atom stereocenters. The van der Waals surface area contributed by atoms with Crippen LogP contribution in [0.3, 0.4) is 0 Å². The number of rotatable bonds is 3. The molecule has 0 aliphatic carbocycles. The van der Waals surface area contributed by atoms with Gasteiger partial charge in [0.15, 0.2) is 0 Å². The summed E-state index contributed by atoms with van der Waals surface area (Å²) in [4.78, 5) is 22.9. The number of benzene rings is 2. The number of ether oxygens (including phenoxy) is 1. The summed E-state index contributed by atoms with van der Waals surface area (Å²) in [6, 6.07) is 9.20. The van der Waals surface area contributed by atoms with Crippen molar-refractivity contribution in [3.05, 3.63) is 59.5 Å². The van der Waals surface area contributed by atoms with Gasteiger partial charge in [0.05, 0.1) is 41.1 Å². The topological polar surface area (TPSA) is 86.3 Å². The fourth-order valence-corrected chi connectivity index (χ4v) is 4.36. The van der Waals surface area contributed by atoms with Crippen LogP contribution < -0.4 is 10.6 Å². The van der Waals surface area contributed by atoms with Gasteiger partial charge in [0.2, 0.25) is 0 Å². The lowest BCUT2D eigenvalue weighted by atomic mass is 10.1. The van der Waals surface area contributed by atoms with E-state index in [0.29, 0.717) is 54.2 Å². The minimum atomic E-state index is -4.54. The minimum Gasteiger partial charge on any atom is -0.378 e. The molecule has 5 rings (SSSR count). The molecule has 0 spiro atoms. The molecule has 1 aliphatic rings. The number of hydrogen-bond acceptors (Lipinski definition) is 5. The normalized spacial score (nSPS) is 14.8. The van der Waals surface area contributed by atoms with Crippen LogP contribution in [0, 0.1) is 6.92 Å². The quantitative estimate of drug-likeness (QED) is 0.507. The van der Waals surface area contributed by atoms with Crippen molar-refractivity contribution in [3.63, 3.8) is 0 Å². The van der Waals surface area contributed by atoms with Crippen molar-refractivity contribution in [2.45, 2.75) is 13.1 Å². The zero-order chi connectivity index (χ0) is 23.3. The molecule has 0 radical (unpaired) electrons. The maximum absolute atomic E-state index is 13.6. The third-order valence-corrected chi connectivity index (χ3v) is 5.85. The van der Waals surface area contributed by atoms with E-state index in [1.54, 1.807) is 29.7 Å². The third-order valence-electron chi connectivity index (χ3n) is 5.85. The van der Waals surface area contributed by atoms with Gasteiger partial charge in [-0.05, 0) is 31.2 Å². The number of nitrogens with two attached hydrogens (primary N) is 1. The maximum Gasteiger partial charge on any atom is 0.418 e. The summed E-state index contributed by atoms with van der Waals surface area (Å²) in [6.07, 6.45) is -3.20. The van der Waals surface area contributed by atoms with Gasteiger partial charge in [0.1, 0.15) is 11.3 Å². The number of hydrogen-bond donors (Lipinski definition) is 1. The Labute approximate surface area is 186 Å². The van der Waals surface area contributed by atoms with E-state index in [0.717, 1.165) is 11.8 Å². The van der Waals surface area contributed by atoms with Gasteiger partial charge in [0.25, 0.3) is 5.91 Å². The van der Waals surface area contributed by atoms with Crippen molar-refractivity contribution in [1.29, 1.82) is 0 Å². The van der Waals surface area contributed by atoms with Crippen LogP contribution >= 0.6 is 0 Å². The molecule has 0 unspecified atom stereocenters. The highest BCUT2D eigenvalue weighted by atomic mass is 19.4. The van der Waals surface area contributed by atoms with Crippen molar-refractivity contribution in [2.75, 3.05) is 31.2 Å². The average molecular weight is 455 g/mol. The standard InChI is InChI=1S/C23H20F3N5O2/c1-13-29-21-16(22(27)32)11-14(30-7-9-33-10-8-30)12-19(21)31(13)18-5-6-28-20-15(18)3-2-4-17(20)23(24,25)26/h2-6,11-12H,7-10H2,1H3,(H2,27,32). The Morgan fingerprint density at radius 2 is 1.88 bits per heavy atom. The van der Waals surface area contributed by atoms with Crippen LogP contribution in [-0.4, -0.2) is 46.7 Å². The highest BCUT2D eigenvalue weighted by Gasteiger charge is 2.33. The zero-order valence-corrected chi connectivity index (χ0v) is 17.7. The number of pyridine rings is 1. The molecule has 2 aromatic heterocycles. The van der Waals surface area contributed by atoms with Gasteiger partial charge in [-0.15, -0.1) is 0 Å². The number of halogens is 3. The van der Waals surface area contributed by atoms with Crippen LogP contribution in [0.25, 0.3) is 27.6 Å². The first-order valence-corrected chi connectivity index (χ1v) is 10.4. The number of amides is 1. The molecule has 10 heteroatoms. The summed E-state index contributed by atoms with van der Waals surface area (Å²) in [5.41, 5.74) is 7.20. The lowest BCUT2D eigenvalue weighted by Gasteiger charge is -2.29. The number of morpholine rings is 1. The van der Waals surface area contributed by atoms with E-state index in [2.05, 4.69) is 14.9 Å². The molecular weight excluding hydrogens is 435 g/mol. The van der Waals surface area contributed by atoms with Crippen molar-refractivity contribution in [3.8, 4) is 5.69 Å². The Kier molecular flexibility index (Phi) is 4.97. The van der Waals surface area contributed by atoms with Gasteiger partial charge in [-0.3, -0.25) is 14.3 Å². The molecule has 7 nitrogen and oxygen atoms in total. The molecule has 0 bridgehead atoms. The lowest BCUT2D eigenvalue weighted by Crippen LogP contribution is -2.36. The summed E-state index contributed by atoms with van der Waals surface area (Å²) in [5, 5.41) is 0.326. The molecule has 1 fully saturated rings. The fraction of sp³-hybridized carbons (Fsp3) is 0.261. The third kappa shape index (κ3) is 3.56. The van der Waals surface area contributed by atoms with E-state index in [4.69, 9.17) is 10.5 Å². The number of aromatic nitrogens is 3. The van der Waals surface area contributed by atoms with E-state index in [9.17, 15) is 18.0 Å². The van der Waals surface area contributed by atoms with Crippen LogP contribution in [0.5, 0.6) is 0 Å². The summed E-state index contributed by atoms with van der Waals surface area (Å²) >= 11 is 0. The van der Waals surface area contributed by atoms with Crippen LogP contribution in [0.4, 0.5) is 18.9 Å². The van der Waals surface area contributed by atoms with Gasteiger partial charge in [-0.1, -0.05) is 12.1 Å². The number of imidazole rings is 1. The zero-order valence-electron chi connectivity index (χ0n) is 17.7. The van der Waals surface area contributed by atoms with Gasteiger partial charge < -0.3 is 15.4 Å². The van der Waals surface area contributed by atoms with Crippen molar-refractivity contribution >= 4 is 33.5 Å². The number of carbonyl (C=O) groups is 1. The van der Waals surface area contributed by atoms with Crippen LogP contribution in [0.15, 0.2) is 42.6 Å². The van der Waals surface area contributed by atoms with Crippen LogP contribution in [0.1, 0.15) is 21.7 Å². The molecule has 1 saturated heterocycles. The SMILES string of the molecule is Cc1nc2c(C(N)=O)cc(N3CCOCC3)cc2n1-c1ccnc2c(C(F)(F)F)cccc12. The summed E-state index contributed by atoms with van der Waals surface area (Å²) in [6.45, 7) is 4.13. The molecule has 33 heavy (non-hydrogen) atoms. The minimum absolute atomic E-state index is 0.150.